The number of halogens is 4. The number of rotatable bonds is 6. The predicted molar refractivity (Wildman–Crippen MR) is 60.1 cm³/mol. The van der Waals surface area contributed by atoms with Gasteiger partial charge in [0.2, 0.25) is 0 Å². The second-order valence-electron chi connectivity index (χ2n) is 3.13. The molecular weight excluding hydrogens is 254 g/mol. The molecule has 0 bridgehead atoms. The third-order valence-electron chi connectivity index (χ3n) is 1.79. The summed E-state index contributed by atoms with van der Waals surface area (Å²) in [6, 6.07) is 0. The fourth-order valence-corrected chi connectivity index (χ4v) is 1.31. The molecule has 0 amide bonds. The summed E-state index contributed by atoms with van der Waals surface area (Å²) in [6.45, 7) is 1.76. The molecule has 0 aliphatic heterocycles. The van der Waals surface area contributed by atoms with Crippen LogP contribution in [0.3, 0.4) is 0 Å². The van der Waals surface area contributed by atoms with Crippen LogP contribution < -0.4 is 0 Å². The highest BCUT2D eigenvalue weighted by molar-refractivity contribution is 6.62. The van der Waals surface area contributed by atoms with E-state index in [0.717, 1.165) is 19.3 Å². The highest BCUT2D eigenvalue weighted by Crippen LogP contribution is 2.45. The molecule has 0 rings (SSSR count). The first-order chi connectivity index (χ1) is 5.81. The van der Waals surface area contributed by atoms with Gasteiger partial charge in [0.25, 0.3) is 0 Å². The van der Waals surface area contributed by atoms with Crippen molar-refractivity contribution in [3.8, 4) is 0 Å². The Morgan fingerprint density at radius 1 is 1.00 bits per heavy atom. The molecule has 0 aromatic rings. The van der Waals surface area contributed by atoms with E-state index in [1.54, 1.807) is 6.92 Å². The van der Waals surface area contributed by atoms with Crippen LogP contribution in [0.4, 0.5) is 0 Å². The van der Waals surface area contributed by atoms with Crippen molar-refractivity contribution in [2.24, 2.45) is 0 Å². The van der Waals surface area contributed by atoms with Crippen molar-refractivity contribution < 1.29 is 5.11 Å². The van der Waals surface area contributed by atoms with Crippen molar-refractivity contribution in [2.75, 3.05) is 6.61 Å². The molecule has 0 unspecified atom stereocenters. The number of hydrogen-bond acceptors (Lipinski definition) is 1. The van der Waals surface area contributed by atoms with Gasteiger partial charge in [0, 0.05) is 6.61 Å². The second kappa shape index (κ2) is 5.87. The van der Waals surface area contributed by atoms with Crippen LogP contribution in [0, 0.1) is 0 Å². The highest BCUT2D eigenvalue weighted by atomic mass is 35.5. The Morgan fingerprint density at radius 2 is 1.54 bits per heavy atom. The van der Waals surface area contributed by atoms with E-state index in [1.165, 1.54) is 0 Å². The van der Waals surface area contributed by atoms with Gasteiger partial charge >= 0.3 is 0 Å². The first-order valence-corrected chi connectivity index (χ1v) is 5.69. The first-order valence-electron chi connectivity index (χ1n) is 4.18. The smallest absolute Gasteiger partial charge is 0.150 e. The van der Waals surface area contributed by atoms with Gasteiger partial charge in [-0.3, -0.25) is 0 Å². The van der Waals surface area contributed by atoms with Gasteiger partial charge in [-0.1, -0.05) is 59.2 Å². The Balaban J connectivity index is 3.77. The summed E-state index contributed by atoms with van der Waals surface area (Å²) in [5.41, 5.74) is 0. The fourth-order valence-electron chi connectivity index (χ4n) is 0.855. The molecule has 0 heterocycles. The van der Waals surface area contributed by atoms with Crippen LogP contribution in [0.2, 0.25) is 0 Å². The third kappa shape index (κ3) is 5.54. The molecule has 0 aliphatic rings. The number of aliphatic hydroxyl groups is 1. The Labute approximate surface area is 99.3 Å². The van der Waals surface area contributed by atoms with Crippen LogP contribution in [0.15, 0.2) is 0 Å². The van der Waals surface area contributed by atoms with Crippen molar-refractivity contribution in [2.45, 2.75) is 41.3 Å². The van der Waals surface area contributed by atoms with Crippen LogP contribution in [0.5, 0.6) is 0 Å². The molecular formula is C8H14Cl4O. The lowest BCUT2D eigenvalue weighted by molar-refractivity contribution is 0.282. The molecule has 80 valence electrons. The van der Waals surface area contributed by atoms with Crippen molar-refractivity contribution in [3.05, 3.63) is 0 Å². The summed E-state index contributed by atoms with van der Waals surface area (Å²) in [5.74, 6) is 0. The standard InChI is InChI=1S/C8H14Cl4O/c1-7(9,10)8(11,12)5-3-2-4-6-13/h13H,2-6H2,1H3. The molecule has 0 spiro atoms. The minimum atomic E-state index is -1.14. The SMILES string of the molecule is CC(Cl)(Cl)C(Cl)(Cl)CCCCCO. The zero-order valence-electron chi connectivity index (χ0n) is 7.49. The summed E-state index contributed by atoms with van der Waals surface area (Å²) in [4.78, 5) is 0. The van der Waals surface area contributed by atoms with Gasteiger partial charge in [-0.05, 0) is 19.8 Å². The monoisotopic (exact) mass is 266 g/mol. The van der Waals surface area contributed by atoms with Crippen molar-refractivity contribution in [1.82, 2.24) is 0 Å². The zero-order chi connectivity index (χ0) is 10.5. The average molecular weight is 268 g/mol. The Bertz CT molecular complexity index is 142. The molecule has 0 saturated carbocycles. The molecule has 0 aromatic heterocycles. The van der Waals surface area contributed by atoms with Gasteiger partial charge in [0.1, 0.15) is 4.33 Å². The summed E-state index contributed by atoms with van der Waals surface area (Å²) in [7, 11) is 0. The van der Waals surface area contributed by atoms with Crippen LogP contribution >= 0.6 is 46.4 Å². The summed E-state index contributed by atoms with van der Waals surface area (Å²) >= 11 is 23.4. The molecule has 0 fully saturated rings. The maximum absolute atomic E-state index is 8.54. The quantitative estimate of drug-likeness (QED) is 0.572. The summed E-state index contributed by atoms with van der Waals surface area (Å²) in [5, 5.41) is 8.54. The lowest BCUT2D eigenvalue weighted by Crippen LogP contribution is -2.33. The molecule has 0 aliphatic carbocycles. The highest BCUT2D eigenvalue weighted by Gasteiger charge is 2.42. The molecule has 0 aromatic carbocycles. The minimum Gasteiger partial charge on any atom is -0.396 e. The maximum Gasteiger partial charge on any atom is 0.150 e. The van der Waals surface area contributed by atoms with Crippen molar-refractivity contribution >= 4 is 46.4 Å². The number of aliphatic hydroxyl groups excluding tert-OH is 1. The molecule has 1 nitrogen and oxygen atoms in total. The van der Waals surface area contributed by atoms with E-state index in [-0.39, 0.29) is 6.61 Å². The largest absolute Gasteiger partial charge is 0.396 e. The van der Waals surface area contributed by atoms with Gasteiger partial charge < -0.3 is 5.11 Å². The molecule has 1 N–H and O–H groups in total. The van der Waals surface area contributed by atoms with Gasteiger partial charge in [0.15, 0.2) is 4.33 Å². The maximum atomic E-state index is 8.54. The van der Waals surface area contributed by atoms with E-state index in [4.69, 9.17) is 51.5 Å². The lowest BCUT2D eigenvalue weighted by atomic mass is 10.1. The van der Waals surface area contributed by atoms with E-state index < -0.39 is 8.67 Å². The molecule has 0 atom stereocenters. The third-order valence-corrected chi connectivity index (χ3v) is 3.96. The Kier molecular flexibility index (Phi) is 6.38. The normalized spacial score (nSPS) is 13.4. The minimum absolute atomic E-state index is 0.191. The fraction of sp³-hybridized carbons (Fsp3) is 1.00. The number of alkyl halides is 4. The Morgan fingerprint density at radius 3 is 1.92 bits per heavy atom. The van der Waals surface area contributed by atoms with Gasteiger partial charge in [-0.2, -0.15) is 0 Å². The van der Waals surface area contributed by atoms with Crippen molar-refractivity contribution in [1.29, 1.82) is 0 Å². The summed E-state index contributed by atoms with van der Waals surface area (Å²) in [6.07, 6.45) is 2.97. The van der Waals surface area contributed by atoms with Gasteiger partial charge in [-0.15, -0.1) is 0 Å². The topological polar surface area (TPSA) is 20.2 Å². The van der Waals surface area contributed by atoms with E-state index >= 15 is 0 Å². The first kappa shape index (κ1) is 14.1. The van der Waals surface area contributed by atoms with Crippen LogP contribution in [0.1, 0.15) is 32.6 Å². The molecule has 13 heavy (non-hydrogen) atoms. The van der Waals surface area contributed by atoms with Crippen molar-refractivity contribution in [3.63, 3.8) is 0 Å². The van der Waals surface area contributed by atoms with Gasteiger partial charge in [-0.25, -0.2) is 0 Å². The lowest BCUT2D eigenvalue weighted by Gasteiger charge is -2.29. The number of unbranched alkanes of at least 4 members (excludes halogenated alkanes) is 2. The van der Waals surface area contributed by atoms with Gasteiger partial charge in [0.05, 0.1) is 0 Å². The van der Waals surface area contributed by atoms with Crippen LogP contribution in [-0.4, -0.2) is 20.4 Å². The van der Waals surface area contributed by atoms with Crippen LogP contribution in [-0.2, 0) is 0 Å². The van der Waals surface area contributed by atoms with E-state index in [2.05, 4.69) is 0 Å². The second-order valence-corrected chi connectivity index (χ2v) is 6.32. The average Bonchev–Trinajstić information content (AvgIpc) is 1.96. The predicted octanol–water partition coefficient (Wildman–Crippen LogP) is 3.91. The summed E-state index contributed by atoms with van der Waals surface area (Å²) < 4.78 is -2.26. The molecule has 0 saturated heterocycles. The van der Waals surface area contributed by atoms with E-state index in [1.807, 2.05) is 0 Å². The zero-order valence-corrected chi connectivity index (χ0v) is 10.5. The van der Waals surface area contributed by atoms with E-state index in [9.17, 15) is 0 Å². The molecule has 0 radical (unpaired) electrons. The van der Waals surface area contributed by atoms with Crippen LogP contribution in [0.25, 0.3) is 0 Å². The van der Waals surface area contributed by atoms with E-state index in [0.29, 0.717) is 6.42 Å². The number of hydrogen-bond donors (Lipinski definition) is 1. The molecule has 5 heteroatoms. The Hall–Kier alpha value is 1.12.